The number of carbonyl (C=O) groups excluding carboxylic acids is 6. The van der Waals surface area contributed by atoms with Crippen molar-refractivity contribution in [3.05, 3.63) is 24.2 Å². The summed E-state index contributed by atoms with van der Waals surface area (Å²) in [6.07, 6.45) is 0.645. The number of methoxy groups -OCH3 is 1. The first-order chi connectivity index (χ1) is 14.1. The van der Waals surface area contributed by atoms with E-state index in [4.69, 9.17) is 23.2 Å². The summed E-state index contributed by atoms with van der Waals surface area (Å²) in [5, 5.41) is 19.8. The Hall–Kier alpha value is -1.33. The number of esters is 1. The van der Waals surface area contributed by atoms with Gasteiger partial charge in [0.25, 0.3) is 0 Å². The third-order valence-electron chi connectivity index (χ3n) is 2.19. The molecule has 0 spiro atoms. The van der Waals surface area contributed by atoms with Crippen molar-refractivity contribution < 1.29 is 81.4 Å². The molecule has 0 aliphatic carbocycles. The monoisotopic (exact) mass is 496 g/mol. The summed E-state index contributed by atoms with van der Waals surface area (Å²) in [6, 6.07) is 0. The zero-order valence-corrected chi connectivity index (χ0v) is 21.8. The quantitative estimate of drug-likeness (QED) is 0.0759. The zero-order chi connectivity index (χ0) is 25.6. The summed E-state index contributed by atoms with van der Waals surface area (Å²) < 4.78 is 4.13. The van der Waals surface area contributed by atoms with Crippen LogP contribution in [0.5, 0.6) is 0 Å². The first-order valence-corrected chi connectivity index (χ1v) is 9.61. The van der Waals surface area contributed by atoms with Crippen LogP contribution in [0.3, 0.4) is 0 Å². The van der Waals surface area contributed by atoms with Gasteiger partial charge in [-0.05, 0) is 20.8 Å². The molecule has 13 heteroatoms. The van der Waals surface area contributed by atoms with Crippen LogP contribution in [-0.4, -0.2) is 53.8 Å². The van der Waals surface area contributed by atoms with Gasteiger partial charge in [-0.1, -0.05) is 13.0 Å². The van der Waals surface area contributed by atoms with Crippen LogP contribution in [-0.2, 0) is 33.5 Å². The van der Waals surface area contributed by atoms with Gasteiger partial charge in [-0.3, -0.25) is 28.8 Å². The largest absolute Gasteiger partial charge is 1.00 e. The average molecular weight is 497 g/mol. The van der Waals surface area contributed by atoms with Crippen LogP contribution in [0.15, 0.2) is 24.2 Å². The minimum atomic E-state index is -0.437. The number of hydrogen-bond donors (Lipinski definition) is 0. The average Bonchev–Trinajstić information content (AvgIpc) is 2.59. The van der Waals surface area contributed by atoms with E-state index in [1.807, 2.05) is 0 Å². The maximum absolute atomic E-state index is 10.7. The molecular weight excluding hydrogens is 469 g/mol. The summed E-state index contributed by atoms with van der Waals surface area (Å²) in [4.78, 5) is 61.5. The van der Waals surface area contributed by atoms with Crippen molar-refractivity contribution >= 4 is 58.1 Å². The van der Waals surface area contributed by atoms with Gasteiger partial charge in [-0.25, -0.2) is 0 Å². The Morgan fingerprint density at radius 1 is 0.758 bits per heavy atom. The number of alkyl halides is 2. The summed E-state index contributed by atoms with van der Waals surface area (Å²) in [6.45, 7) is 8.39. The van der Waals surface area contributed by atoms with E-state index in [1.165, 1.54) is 34.8 Å². The third-order valence-corrected chi connectivity index (χ3v) is 2.70. The van der Waals surface area contributed by atoms with Gasteiger partial charge in [0.15, 0.2) is 5.78 Å². The Labute approximate surface area is 228 Å². The van der Waals surface area contributed by atoms with Crippen molar-refractivity contribution in [3.63, 3.8) is 0 Å². The van der Waals surface area contributed by atoms with Gasteiger partial charge in [-0.2, -0.15) is 0 Å². The van der Waals surface area contributed by atoms with E-state index in [-0.39, 0.29) is 103 Å². The van der Waals surface area contributed by atoms with Crippen LogP contribution in [0.1, 0.15) is 47.0 Å². The minimum Gasteiger partial charge on any atom is -0.876 e. The normalized spacial score (nSPS) is 8.64. The number of carbonyl (C=O) groups is 6. The molecule has 0 aromatic rings. The topological polar surface area (TPSA) is 158 Å². The van der Waals surface area contributed by atoms with Crippen LogP contribution in [0.2, 0.25) is 0 Å². The van der Waals surface area contributed by atoms with Gasteiger partial charge in [0.2, 0.25) is 0 Å². The van der Waals surface area contributed by atoms with Gasteiger partial charge in [-0.15, -0.1) is 41.3 Å². The molecule has 0 atom stereocenters. The molecule has 0 aromatic carbocycles. The number of ether oxygens (including phenoxy) is 1. The smallest absolute Gasteiger partial charge is 0.876 e. The molecule has 33 heavy (non-hydrogen) atoms. The van der Waals surface area contributed by atoms with Crippen molar-refractivity contribution in [2.75, 3.05) is 18.9 Å². The summed E-state index contributed by atoms with van der Waals surface area (Å²) in [5.74, 6) is -2.34. The molecule has 0 bridgehead atoms. The van der Waals surface area contributed by atoms with E-state index in [9.17, 15) is 39.0 Å². The predicted octanol–water partition coefficient (Wildman–Crippen LogP) is -5.18. The van der Waals surface area contributed by atoms with Gasteiger partial charge in [0.05, 0.1) is 32.3 Å². The van der Waals surface area contributed by atoms with Crippen molar-refractivity contribution in [1.29, 1.82) is 0 Å². The Bertz CT molecular complexity index is 642. The third kappa shape index (κ3) is 59.0. The molecule has 0 amide bonds. The van der Waals surface area contributed by atoms with Crippen molar-refractivity contribution in [2.45, 2.75) is 47.0 Å². The number of halogens is 2. The second kappa shape index (κ2) is 30.7. The number of Topliss-reactive ketones (excluding diaryl/α,β-unsaturated/α-hetero) is 5. The second-order valence-electron chi connectivity index (χ2n) is 5.78. The summed E-state index contributed by atoms with van der Waals surface area (Å²) in [5.41, 5.74) is 0. The number of hydrogen-bond acceptors (Lipinski definition) is 9. The van der Waals surface area contributed by atoms with Crippen LogP contribution in [0.4, 0.5) is 0 Å². The first kappa shape index (κ1) is 45.2. The molecule has 0 aliphatic heterocycles. The molecule has 0 unspecified atom stereocenters. The van der Waals surface area contributed by atoms with E-state index in [0.717, 1.165) is 6.08 Å². The van der Waals surface area contributed by atoms with E-state index >= 15 is 0 Å². The van der Waals surface area contributed by atoms with Crippen LogP contribution in [0.25, 0.3) is 0 Å². The molecule has 0 fully saturated rings. The molecule has 178 valence electrons. The minimum absolute atomic E-state index is 0. The molecule has 0 radical (unpaired) electrons. The summed E-state index contributed by atoms with van der Waals surface area (Å²) >= 11 is 10.1. The van der Waals surface area contributed by atoms with Gasteiger partial charge < -0.3 is 14.9 Å². The van der Waals surface area contributed by atoms with Crippen molar-refractivity contribution in [2.24, 2.45) is 0 Å². The van der Waals surface area contributed by atoms with E-state index < -0.39 is 11.7 Å². The predicted molar refractivity (Wildman–Crippen MR) is 112 cm³/mol. The van der Waals surface area contributed by atoms with Gasteiger partial charge >= 0.3 is 43.7 Å². The number of allylic oxidation sites excluding steroid dienone is 2. The molecule has 0 heterocycles. The Morgan fingerprint density at radius 3 is 1.27 bits per heavy atom. The van der Waals surface area contributed by atoms with Crippen molar-refractivity contribution in [1.82, 2.24) is 0 Å². The first-order valence-electron chi connectivity index (χ1n) is 8.54. The number of ketones is 5. The Morgan fingerprint density at radius 2 is 1.15 bits per heavy atom. The molecular formula is C20H28Cl2Li2O9. The molecule has 0 aliphatic rings. The zero-order valence-electron chi connectivity index (χ0n) is 20.3. The Kier molecular flexibility index (Phi) is 42.0. The van der Waals surface area contributed by atoms with Gasteiger partial charge in [0.1, 0.15) is 29.0 Å². The van der Waals surface area contributed by atoms with E-state index in [1.54, 1.807) is 0 Å². The Balaban J connectivity index is -0.0000000743. The van der Waals surface area contributed by atoms with E-state index in [2.05, 4.69) is 11.3 Å². The van der Waals surface area contributed by atoms with Crippen LogP contribution >= 0.6 is 23.2 Å². The van der Waals surface area contributed by atoms with Gasteiger partial charge in [0, 0.05) is 0 Å². The molecule has 0 saturated carbocycles. The fraction of sp³-hybridized carbons (Fsp3) is 0.500. The van der Waals surface area contributed by atoms with Crippen LogP contribution in [0, 0.1) is 0 Å². The second-order valence-corrected chi connectivity index (χ2v) is 6.31. The molecule has 0 aromatic heterocycles. The van der Waals surface area contributed by atoms with Crippen LogP contribution < -0.4 is 47.9 Å². The molecule has 9 nitrogen and oxygen atoms in total. The SMILES string of the molecule is C=C([O-])/C=C(/C)[O-].CC(=O)CC(=O)CC(=O)CCl.CC(=O)CC(C)=O.COC(=O)CCl.[Li+].[Li+]. The maximum atomic E-state index is 10.7. The van der Waals surface area contributed by atoms with E-state index in [0.29, 0.717) is 0 Å². The molecule has 0 saturated heterocycles. The molecule has 0 rings (SSSR count). The maximum Gasteiger partial charge on any atom is 1.00 e. The van der Waals surface area contributed by atoms with Crippen molar-refractivity contribution in [3.8, 4) is 0 Å². The summed E-state index contributed by atoms with van der Waals surface area (Å²) in [7, 11) is 1.30. The number of rotatable bonds is 9. The fourth-order valence-electron chi connectivity index (χ4n) is 1.24. The molecule has 0 N–H and O–H groups in total. The standard InChI is InChI=1S/C7H9ClO3.2C5H8O2.C3H5ClO2.2Li/c1-5(9)2-6(10)3-7(11)4-8;2*1-4(6)3-5(2)7;1-6-3(5)2-4;;/h2-4H2,1H3;3H2,1-2H3;3,6-7H,1H2,2H3;2H2,1H3;;/q;;;;2*+1/p-2/b;;5-3-;;;. The fourth-order valence-corrected chi connectivity index (χ4v) is 1.44.